The molecule has 5 heteroatoms. The number of carbonyl (C=O) groups is 1. The fourth-order valence-corrected chi connectivity index (χ4v) is 3.04. The van der Waals surface area contributed by atoms with Crippen LogP contribution in [0.2, 0.25) is 0 Å². The highest BCUT2D eigenvalue weighted by atomic mass is 32.1. The average Bonchev–Trinajstić information content (AvgIpc) is 3.12. The molecule has 1 aromatic carbocycles. The number of thiophene rings is 1. The van der Waals surface area contributed by atoms with Gasteiger partial charge < -0.3 is 5.32 Å². The molecule has 0 saturated carbocycles. The number of amides is 1. The zero-order valence-electron chi connectivity index (χ0n) is 11.0. The molecule has 4 nitrogen and oxygen atoms in total. The van der Waals surface area contributed by atoms with Gasteiger partial charge in [-0.05, 0) is 30.0 Å². The molecule has 3 aromatic rings. The van der Waals surface area contributed by atoms with Crippen LogP contribution in [0, 0.1) is 0 Å². The highest BCUT2D eigenvalue weighted by Crippen LogP contribution is 2.24. The van der Waals surface area contributed by atoms with Gasteiger partial charge in [0.05, 0.1) is 4.88 Å². The summed E-state index contributed by atoms with van der Waals surface area (Å²) in [6.07, 6.45) is 4.56. The number of benzene rings is 1. The van der Waals surface area contributed by atoms with E-state index in [1.807, 2.05) is 47.3 Å². The van der Waals surface area contributed by atoms with Gasteiger partial charge in [-0.1, -0.05) is 18.2 Å². The number of aromatic nitrogens is 2. The Morgan fingerprint density at radius 2 is 2.20 bits per heavy atom. The summed E-state index contributed by atoms with van der Waals surface area (Å²) in [4.78, 5) is 12.8. The first-order valence-electron chi connectivity index (χ1n) is 6.57. The van der Waals surface area contributed by atoms with Crippen LogP contribution in [0.1, 0.15) is 16.1 Å². The molecule has 20 heavy (non-hydrogen) atoms. The largest absolute Gasteiger partial charge is 0.351 e. The minimum atomic E-state index is 0.00617. The average molecular weight is 285 g/mol. The maximum Gasteiger partial charge on any atom is 0.261 e. The van der Waals surface area contributed by atoms with Crippen molar-refractivity contribution in [2.45, 2.75) is 13.0 Å². The molecule has 0 bridgehead atoms. The molecule has 2 aromatic heterocycles. The Labute approximate surface area is 121 Å². The molecule has 1 amide bonds. The van der Waals surface area contributed by atoms with Crippen molar-refractivity contribution in [2.75, 3.05) is 6.54 Å². The van der Waals surface area contributed by atoms with Gasteiger partial charge in [0.15, 0.2) is 0 Å². The predicted octanol–water partition coefficient (Wildman–Crippen LogP) is 2.92. The molecular formula is C15H15N3OS. The molecule has 0 atom stereocenters. The predicted molar refractivity (Wildman–Crippen MR) is 81.0 cm³/mol. The maximum atomic E-state index is 12.1. The van der Waals surface area contributed by atoms with E-state index < -0.39 is 0 Å². The van der Waals surface area contributed by atoms with Gasteiger partial charge in [-0.15, -0.1) is 11.3 Å². The number of fused-ring (bicyclic) bond motifs is 1. The normalized spacial score (nSPS) is 10.8. The molecule has 0 aliphatic carbocycles. The summed E-state index contributed by atoms with van der Waals surface area (Å²) in [6.45, 7) is 1.48. The first-order valence-corrected chi connectivity index (χ1v) is 7.39. The van der Waals surface area contributed by atoms with Crippen molar-refractivity contribution in [1.29, 1.82) is 0 Å². The van der Waals surface area contributed by atoms with Gasteiger partial charge in [-0.2, -0.15) is 5.10 Å². The topological polar surface area (TPSA) is 46.9 Å². The first kappa shape index (κ1) is 12.9. The third-order valence-electron chi connectivity index (χ3n) is 3.06. The standard InChI is InChI=1S/C15H15N3OS/c19-15(16-7-3-9-18-10-4-8-17-18)14-11-12-5-1-2-6-13(12)20-14/h1-2,4-6,8,10-11H,3,7,9H2,(H,16,19). The lowest BCUT2D eigenvalue weighted by molar-refractivity contribution is 0.0956. The van der Waals surface area contributed by atoms with Gasteiger partial charge in [-0.3, -0.25) is 9.48 Å². The van der Waals surface area contributed by atoms with Crippen molar-refractivity contribution >= 4 is 27.3 Å². The summed E-state index contributed by atoms with van der Waals surface area (Å²) >= 11 is 1.53. The summed E-state index contributed by atoms with van der Waals surface area (Å²) in [7, 11) is 0. The Bertz CT molecular complexity index is 670. The number of rotatable bonds is 5. The molecule has 0 aliphatic heterocycles. The summed E-state index contributed by atoms with van der Waals surface area (Å²) in [5, 5.41) is 8.20. The molecular weight excluding hydrogens is 270 g/mol. The van der Waals surface area contributed by atoms with E-state index in [0.29, 0.717) is 6.54 Å². The SMILES string of the molecule is O=C(NCCCn1cccn1)c1cc2ccccc2s1. The van der Waals surface area contributed by atoms with Crippen LogP contribution in [0.15, 0.2) is 48.8 Å². The van der Waals surface area contributed by atoms with Crippen LogP contribution in [0.3, 0.4) is 0 Å². The first-order chi connectivity index (χ1) is 9.83. The van der Waals surface area contributed by atoms with Crippen LogP contribution in [-0.2, 0) is 6.54 Å². The minimum absolute atomic E-state index is 0.00617. The molecule has 0 spiro atoms. The lowest BCUT2D eigenvalue weighted by atomic mass is 10.2. The van der Waals surface area contributed by atoms with Crippen molar-refractivity contribution in [3.8, 4) is 0 Å². The Morgan fingerprint density at radius 1 is 1.30 bits per heavy atom. The summed E-state index contributed by atoms with van der Waals surface area (Å²) in [5.41, 5.74) is 0. The second-order valence-electron chi connectivity index (χ2n) is 4.53. The smallest absolute Gasteiger partial charge is 0.261 e. The van der Waals surface area contributed by atoms with Gasteiger partial charge in [0.2, 0.25) is 0 Å². The van der Waals surface area contributed by atoms with Gasteiger partial charge in [-0.25, -0.2) is 0 Å². The molecule has 0 fully saturated rings. The molecule has 0 saturated heterocycles. The van der Waals surface area contributed by atoms with Crippen LogP contribution in [-0.4, -0.2) is 22.2 Å². The maximum absolute atomic E-state index is 12.1. The summed E-state index contributed by atoms with van der Waals surface area (Å²) < 4.78 is 3.01. The van der Waals surface area contributed by atoms with Crippen LogP contribution in [0.25, 0.3) is 10.1 Å². The van der Waals surface area contributed by atoms with Gasteiger partial charge in [0.1, 0.15) is 0 Å². The van der Waals surface area contributed by atoms with Crippen molar-refractivity contribution in [1.82, 2.24) is 15.1 Å². The van der Waals surface area contributed by atoms with Crippen LogP contribution < -0.4 is 5.32 Å². The summed E-state index contributed by atoms with van der Waals surface area (Å²) in [6, 6.07) is 11.9. The van der Waals surface area contributed by atoms with Crippen molar-refractivity contribution in [2.24, 2.45) is 0 Å². The van der Waals surface area contributed by atoms with E-state index >= 15 is 0 Å². The van der Waals surface area contributed by atoms with Crippen LogP contribution in [0.5, 0.6) is 0 Å². The Morgan fingerprint density at radius 3 is 3.00 bits per heavy atom. The van der Waals surface area contributed by atoms with E-state index in [4.69, 9.17) is 0 Å². The number of nitrogens with one attached hydrogen (secondary N) is 1. The van der Waals surface area contributed by atoms with Crippen molar-refractivity contribution in [3.05, 3.63) is 53.7 Å². The summed E-state index contributed by atoms with van der Waals surface area (Å²) in [5.74, 6) is 0.00617. The molecule has 1 N–H and O–H groups in total. The Kier molecular flexibility index (Phi) is 3.78. The van der Waals surface area contributed by atoms with Crippen LogP contribution >= 0.6 is 11.3 Å². The minimum Gasteiger partial charge on any atom is -0.351 e. The molecule has 0 aliphatic rings. The number of carbonyl (C=O) groups excluding carboxylic acids is 1. The van der Waals surface area contributed by atoms with Crippen molar-refractivity contribution < 1.29 is 4.79 Å². The van der Waals surface area contributed by atoms with E-state index in [0.717, 1.165) is 27.9 Å². The molecule has 3 rings (SSSR count). The number of aryl methyl sites for hydroxylation is 1. The quantitative estimate of drug-likeness (QED) is 0.733. The molecule has 0 radical (unpaired) electrons. The fourth-order valence-electron chi connectivity index (χ4n) is 2.06. The molecule has 0 unspecified atom stereocenters. The third kappa shape index (κ3) is 2.88. The second-order valence-corrected chi connectivity index (χ2v) is 5.61. The second kappa shape index (κ2) is 5.88. The van der Waals surface area contributed by atoms with Gasteiger partial charge in [0, 0.05) is 30.2 Å². The van der Waals surface area contributed by atoms with Crippen molar-refractivity contribution in [3.63, 3.8) is 0 Å². The van der Waals surface area contributed by atoms with Crippen LogP contribution in [0.4, 0.5) is 0 Å². The van der Waals surface area contributed by atoms with E-state index in [1.165, 1.54) is 11.3 Å². The third-order valence-corrected chi connectivity index (χ3v) is 4.17. The van der Waals surface area contributed by atoms with Gasteiger partial charge in [0.25, 0.3) is 5.91 Å². The lowest BCUT2D eigenvalue weighted by Crippen LogP contribution is -2.24. The van der Waals surface area contributed by atoms with E-state index in [9.17, 15) is 4.79 Å². The van der Waals surface area contributed by atoms with E-state index in [1.54, 1.807) is 6.20 Å². The highest BCUT2D eigenvalue weighted by Gasteiger charge is 2.09. The number of nitrogens with zero attached hydrogens (tertiary/aromatic N) is 2. The zero-order chi connectivity index (χ0) is 13.8. The lowest BCUT2D eigenvalue weighted by Gasteiger charge is -2.03. The van der Waals surface area contributed by atoms with E-state index in [-0.39, 0.29) is 5.91 Å². The molecule has 2 heterocycles. The van der Waals surface area contributed by atoms with Gasteiger partial charge >= 0.3 is 0 Å². The molecule has 102 valence electrons. The van der Waals surface area contributed by atoms with E-state index in [2.05, 4.69) is 10.4 Å². The number of hydrogen-bond acceptors (Lipinski definition) is 3. The Hall–Kier alpha value is -2.14. The fraction of sp³-hybridized carbons (Fsp3) is 0.200. The zero-order valence-corrected chi connectivity index (χ0v) is 11.8. The number of hydrogen-bond donors (Lipinski definition) is 1. The highest BCUT2D eigenvalue weighted by molar-refractivity contribution is 7.20. The Balaban J connectivity index is 1.53. The monoisotopic (exact) mass is 285 g/mol.